The van der Waals surface area contributed by atoms with Crippen molar-refractivity contribution in [3.63, 3.8) is 0 Å². The van der Waals surface area contributed by atoms with Crippen LogP contribution in [0.2, 0.25) is 0 Å². The van der Waals surface area contributed by atoms with Crippen molar-refractivity contribution >= 4 is 24.2 Å². The maximum Gasteiger partial charge on any atom is 0.239 e. The van der Waals surface area contributed by atoms with Crippen LogP contribution in [0, 0.1) is 5.92 Å². The first kappa shape index (κ1) is 22.1. The minimum atomic E-state index is -0.00608. The Morgan fingerprint density at radius 1 is 0.931 bits per heavy atom. The summed E-state index contributed by atoms with van der Waals surface area (Å²) in [5.41, 5.74) is 1.20. The number of hydrogen-bond acceptors (Lipinski definition) is 3. The van der Waals surface area contributed by atoms with Gasteiger partial charge >= 0.3 is 0 Å². The van der Waals surface area contributed by atoms with Crippen LogP contribution < -0.4 is 5.32 Å². The van der Waals surface area contributed by atoms with Crippen molar-refractivity contribution < 1.29 is 9.59 Å². The summed E-state index contributed by atoms with van der Waals surface area (Å²) in [4.78, 5) is 29.6. The summed E-state index contributed by atoms with van der Waals surface area (Å²) in [6, 6.07) is 10.7. The molecule has 0 spiro atoms. The van der Waals surface area contributed by atoms with Gasteiger partial charge in [0.1, 0.15) is 0 Å². The molecule has 5 nitrogen and oxygen atoms in total. The lowest BCUT2D eigenvalue weighted by Crippen LogP contribution is -2.46. The molecule has 2 saturated heterocycles. The molecule has 1 N–H and O–H groups in total. The maximum absolute atomic E-state index is 13.0. The minimum Gasteiger partial charge on any atom is -0.341 e. The third-order valence-electron chi connectivity index (χ3n) is 6.79. The van der Waals surface area contributed by atoms with Crippen LogP contribution in [0.4, 0.5) is 0 Å². The van der Waals surface area contributed by atoms with E-state index in [1.807, 2.05) is 28.0 Å². The molecular formula is C23H34ClN3O2. The number of halogens is 1. The standard InChI is InChI=1S/C23H33N3O2.ClH/c27-22(12-11-18-7-2-1-3-8-18)25-13-6-14-26(16-15-25)23(28)21-17-19-9-4-5-10-20(19)24-21;/h1-3,7-8,19-21,24H,4-6,9-17H2;1H. The summed E-state index contributed by atoms with van der Waals surface area (Å²) < 4.78 is 0. The number of carbonyl (C=O) groups is 2. The van der Waals surface area contributed by atoms with Crippen molar-refractivity contribution in [1.82, 2.24) is 15.1 Å². The Bertz CT molecular complexity index is 670. The Balaban J connectivity index is 0.00000240. The smallest absolute Gasteiger partial charge is 0.239 e. The molecule has 3 unspecified atom stereocenters. The lowest BCUT2D eigenvalue weighted by atomic mass is 9.85. The highest BCUT2D eigenvalue weighted by Gasteiger charge is 2.39. The van der Waals surface area contributed by atoms with Crippen LogP contribution >= 0.6 is 12.4 Å². The molecule has 0 aromatic heterocycles. The lowest BCUT2D eigenvalue weighted by Gasteiger charge is -2.25. The van der Waals surface area contributed by atoms with Gasteiger partial charge < -0.3 is 15.1 Å². The molecule has 160 valence electrons. The molecule has 29 heavy (non-hydrogen) atoms. The van der Waals surface area contributed by atoms with E-state index >= 15 is 0 Å². The summed E-state index contributed by atoms with van der Waals surface area (Å²) in [6.45, 7) is 2.87. The van der Waals surface area contributed by atoms with Gasteiger partial charge in [-0.15, -0.1) is 12.4 Å². The number of benzene rings is 1. The van der Waals surface area contributed by atoms with E-state index in [9.17, 15) is 9.59 Å². The quantitative estimate of drug-likeness (QED) is 0.816. The van der Waals surface area contributed by atoms with Gasteiger partial charge in [0.2, 0.25) is 11.8 Å². The van der Waals surface area contributed by atoms with E-state index in [1.54, 1.807) is 0 Å². The van der Waals surface area contributed by atoms with E-state index in [-0.39, 0.29) is 30.3 Å². The number of carbonyl (C=O) groups excluding carboxylic acids is 2. The maximum atomic E-state index is 13.0. The highest BCUT2D eigenvalue weighted by atomic mass is 35.5. The van der Waals surface area contributed by atoms with Gasteiger partial charge in [0.25, 0.3) is 0 Å². The number of amides is 2. The third kappa shape index (κ3) is 5.52. The van der Waals surface area contributed by atoms with Crippen molar-refractivity contribution in [1.29, 1.82) is 0 Å². The molecule has 2 amide bonds. The van der Waals surface area contributed by atoms with Gasteiger partial charge in [-0.1, -0.05) is 43.2 Å². The van der Waals surface area contributed by atoms with Crippen molar-refractivity contribution in [2.24, 2.45) is 5.92 Å². The highest BCUT2D eigenvalue weighted by molar-refractivity contribution is 5.85. The number of rotatable bonds is 4. The SMILES string of the molecule is Cl.O=C(CCc1ccccc1)N1CCCN(C(=O)C2CC3CCCCC3N2)CC1. The first-order chi connectivity index (χ1) is 13.7. The molecule has 0 radical (unpaired) electrons. The lowest BCUT2D eigenvalue weighted by molar-refractivity contribution is -0.134. The molecule has 4 rings (SSSR count). The van der Waals surface area contributed by atoms with E-state index < -0.39 is 0 Å². The zero-order valence-electron chi connectivity index (χ0n) is 17.2. The van der Waals surface area contributed by atoms with Crippen LogP contribution in [0.3, 0.4) is 0 Å². The number of aryl methyl sites for hydroxylation is 1. The zero-order valence-corrected chi connectivity index (χ0v) is 18.0. The fourth-order valence-electron chi connectivity index (χ4n) is 5.17. The van der Waals surface area contributed by atoms with E-state index in [2.05, 4.69) is 17.4 Å². The Kier molecular flexibility index (Phi) is 7.96. The van der Waals surface area contributed by atoms with Crippen molar-refractivity contribution in [2.75, 3.05) is 26.2 Å². The highest BCUT2D eigenvalue weighted by Crippen LogP contribution is 2.33. The Labute approximate surface area is 180 Å². The minimum absolute atomic E-state index is 0. The second-order valence-corrected chi connectivity index (χ2v) is 8.65. The summed E-state index contributed by atoms with van der Waals surface area (Å²) in [7, 11) is 0. The molecular weight excluding hydrogens is 386 g/mol. The molecule has 2 aliphatic heterocycles. The third-order valence-corrected chi connectivity index (χ3v) is 6.79. The van der Waals surface area contributed by atoms with Crippen molar-refractivity contribution in [2.45, 2.75) is 63.5 Å². The van der Waals surface area contributed by atoms with Crippen LogP contribution in [-0.4, -0.2) is 59.9 Å². The van der Waals surface area contributed by atoms with Crippen molar-refractivity contribution in [3.05, 3.63) is 35.9 Å². The van der Waals surface area contributed by atoms with E-state index in [4.69, 9.17) is 0 Å². The monoisotopic (exact) mass is 419 g/mol. The van der Waals surface area contributed by atoms with Gasteiger partial charge in [0, 0.05) is 38.6 Å². The molecule has 1 aliphatic carbocycles. The Morgan fingerprint density at radius 2 is 1.66 bits per heavy atom. The molecule has 0 bridgehead atoms. The van der Waals surface area contributed by atoms with Gasteiger partial charge in [-0.3, -0.25) is 9.59 Å². The second kappa shape index (κ2) is 10.4. The number of hydrogen-bond donors (Lipinski definition) is 1. The average molecular weight is 420 g/mol. The van der Waals surface area contributed by atoms with Gasteiger partial charge in [-0.05, 0) is 43.6 Å². The second-order valence-electron chi connectivity index (χ2n) is 8.65. The topological polar surface area (TPSA) is 52.7 Å². The van der Waals surface area contributed by atoms with Crippen LogP contribution in [0.15, 0.2) is 30.3 Å². The molecule has 6 heteroatoms. The van der Waals surface area contributed by atoms with Crippen molar-refractivity contribution in [3.8, 4) is 0 Å². The van der Waals surface area contributed by atoms with E-state index in [1.165, 1.54) is 31.2 Å². The summed E-state index contributed by atoms with van der Waals surface area (Å²) in [6.07, 6.45) is 8.30. The Hall–Kier alpha value is -1.59. The fraction of sp³-hybridized carbons (Fsp3) is 0.652. The van der Waals surface area contributed by atoms with E-state index in [0.717, 1.165) is 32.4 Å². The molecule has 3 aliphatic rings. The van der Waals surface area contributed by atoms with Gasteiger partial charge in [0.15, 0.2) is 0 Å². The predicted molar refractivity (Wildman–Crippen MR) is 117 cm³/mol. The largest absolute Gasteiger partial charge is 0.341 e. The van der Waals surface area contributed by atoms with Crippen LogP contribution in [0.1, 0.15) is 50.5 Å². The summed E-state index contributed by atoms with van der Waals surface area (Å²) in [5, 5.41) is 3.61. The first-order valence-corrected chi connectivity index (χ1v) is 11.1. The van der Waals surface area contributed by atoms with Crippen LogP contribution in [-0.2, 0) is 16.0 Å². The number of fused-ring (bicyclic) bond motifs is 1. The molecule has 2 heterocycles. The van der Waals surface area contributed by atoms with Gasteiger partial charge in [0.05, 0.1) is 6.04 Å². The van der Waals surface area contributed by atoms with E-state index in [0.29, 0.717) is 31.5 Å². The predicted octanol–water partition coefficient (Wildman–Crippen LogP) is 3.02. The molecule has 1 aromatic rings. The molecule has 1 saturated carbocycles. The molecule has 3 fully saturated rings. The number of nitrogens with one attached hydrogen (secondary N) is 1. The molecule has 3 atom stereocenters. The fourth-order valence-corrected chi connectivity index (χ4v) is 5.17. The Morgan fingerprint density at radius 3 is 2.45 bits per heavy atom. The number of nitrogens with zero attached hydrogens (tertiary/aromatic N) is 2. The van der Waals surface area contributed by atoms with Crippen LogP contribution in [0.5, 0.6) is 0 Å². The summed E-state index contributed by atoms with van der Waals surface area (Å²) in [5.74, 6) is 1.15. The van der Waals surface area contributed by atoms with Gasteiger partial charge in [-0.2, -0.15) is 0 Å². The summed E-state index contributed by atoms with van der Waals surface area (Å²) >= 11 is 0. The normalized spacial score (nSPS) is 27.0. The molecule has 1 aromatic carbocycles. The van der Waals surface area contributed by atoms with Crippen LogP contribution in [0.25, 0.3) is 0 Å². The van der Waals surface area contributed by atoms with Gasteiger partial charge in [-0.25, -0.2) is 0 Å². The first-order valence-electron chi connectivity index (χ1n) is 11.1. The zero-order chi connectivity index (χ0) is 19.3. The average Bonchev–Trinajstić information content (AvgIpc) is 3.02.